The summed E-state index contributed by atoms with van der Waals surface area (Å²) in [6, 6.07) is 0.357. The molecule has 20 heavy (non-hydrogen) atoms. The minimum Gasteiger partial charge on any atom is -0.338 e. The van der Waals surface area contributed by atoms with E-state index < -0.39 is 0 Å². The Balaban J connectivity index is 2.94. The molecule has 3 heteroatoms. The fourth-order valence-electron chi connectivity index (χ4n) is 3.96. The average Bonchev–Trinajstić information content (AvgIpc) is 2.87. The van der Waals surface area contributed by atoms with E-state index in [-0.39, 0.29) is 5.41 Å². The molecule has 0 saturated heterocycles. The average molecular weight is 282 g/mol. The summed E-state index contributed by atoms with van der Waals surface area (Å²) in [5.74, 6) is 0.973. The van der Waals surface area contributed by atoms with Crippen LogP contribution in [0.15, 0.2) is 0 Å². The Morgan fingerprint density at radius 1 is 1.20 bits per heavy atom. The molecule has 0 atom stereocenters. The van der Waals surface area contributed by atoms with Gasteiger partial charge in [-0.1, -0.05) is 40.5 Å². The molecule has 0 bridgehead atoms. The second-order valence-electron chi connectivity index (χ2n) is 6.84. The molecule has 0 aromatic rings. The lowest BCUT2D eigenvalue weighted by atomic mass is 9.77. The third kappa shape index (κ3) is 3.97. The molecule has 1 saturated carbocycles. The van der Waals surface area contributed by atoms with Crippen LogP contribution < -0.4 is 5.73 Å². The van der Waals surface area contributed by atoms with Crippen molar-refractivity contribution in [3.63, 3.8) is 0 Å². The van der Waals surface area contributed by atoms with Gasteiger partial charge in [0.05, 0.1) is 0 Å². The van der Waals surface area contributed by atoms with Crippen LogP contribution in [0.25, 0.3) is 0 Å². The van der Waals surface area contributed by atoms with E-state index in [9.17, 15) is 4.79 Å². The predicted octanol–water partition coefficient (Wildman–Crippen LogP) is 3.57. The van der Waals surface area contributed by atoms with Crippen molar-refractivity contribution in [2.45, 2.75) is 78.7 Å². The number of rotatable bonds is 8. The minimum absolute atomic E-state index is 0.0913. The lowest BCUT2D eigenvalue weighted by Gasteiger charge is -2.39. The number of carbonyl (C=O) groups is 1. The largest absolute Gasteiger partial charge is 0.338 e. The van der Waals surface area contributed by atoms with Crippen LogP contribution in [0.5, 0.6) is 0 Å². The quantitative estimate of drug-likeness (QED) is 0.740. The van der Waals surface area contributed by atoms with Gasteiger partial charge in [-0.3, -0.25) is 4.79 Å². The molecule has 1 fully saturated rings. The molecule has 0 radical (unpaired) electrons. The first-order valence-electron chi connectivity index (χ1n) is 8.51. The van der Waals surface area contributed by atoms with Crippen LogP contribution in [0.3, 0.4) is 0 Å². The Bertz CT molecular complexity index is 291. The maximum atomic E-state index is 13.2. The van der Waals surface area contributed by atoms with Crippen molar-refractivity contribution >= 4 is 5.91 Å². The second kappa shape index (κ2) is 8.02. The summed E-state index contributed by atoms with van der Waals surface area (Å²) >= 11 is 0. The van der Waals surface area contributed by atoms with Gasteiger partial charge in [-0.05, 0) is 38.0 Å². The summed E-state index contributed by atoms with van der Waals surface area (Å²) in [4.78, 5) is 15.3. The molecule has 3 nitrogen and oxygen atoms in total. The van der Waals surface area contributed by atoms with Crippen LogP contribution in [0.1, 0.15) is 72.6 Å². The van der Waals surface area contributed by atoms with Crippen LogP contribution in [0.2, 0.25) is 0 Å². The molecule has 0 aromatic carbocycles. The van der Waals surface area contributed by atoms with Crippen LogP contribution in [-0.4, -0.2) is 29.9 Å². The van der Waals surface area contributed by atoms with Gasteiger partial charge in [-0.15, -0.1) is 0 Å². The first-order chi connectivity index (χ1) is 9.50. The summed E-state index contributed by atoms with van der Waals surface area (Å²) in [7, 11) is 0. The maximum Gasteiger partial charge on any atom is 0.229 e. The number of nitrogens with zero attached hydrogens (tertiary/aromatic N) is 1. The van der Waals surface area contributed by atoms with Gasteiger partial charge < -0.3 is 10.6 Å². The van der Waals surface area contributed by atoms with Crippen molar-refractivity contribution in [2.24, 2.45) is 17.1 Å². The van der Waals surface area contributed by atoms with Gasteiger partial charge in [0.1, 0.15) is 0 Å². The molecule has 0 aromatic heterocycles. The van der Waals surface area contributed by atoms with Crippen molar-refractivity contribution < 1.29 is 4.79 Å². The Morgan fingerprint density at radius 3 is 2.15 bits per heavy atom. The van der Waals surface area contributed by atoms with E-state index in [1.807, 2.05) is 0 Å². The molecule has 1 amide bonds. The Hall–Kier alpha value is -0.570. The monoisotopic (exact) mass is 282 g/mol. The zero-order valence-electron chi connectivity index (χ0n) is 14.0. The Kier molecular flexibility index (Phi) is 7.01. The lowest BCUT2D eigenvalue weighted by molar-refractivity contribution is -0.145. The molecule has 0 aliphatic heterocycles. The fraction of sp³-hybridized carbons (Fsp3) is 0.941. The van der Waals surface area contributed by atoms with E-state index in [0.29, 0.717) is 31.0 Å². The molecule has 0 heterocycles. The molecule has 1 aliphatic carbocycles. The molecule has 1 aliphatic rings. The number of nitrogens with two attached hydrogens (primary N) is 1. The zero-order chi connectivity index (χ0) is 15.2. The molecular weight excluding hydrogens is 248 g/mol. The molecule has 0 spiro atoms. The molecule has 2 N–H and O–H groups in total. The van der Waals surface area contributed by atoms with Crippen LogP contribution in [0, 0.1) is 11.3 Å². The third-order valence-electron chi connectivity index (χ3n) is 4.83. The first kappa shape index (κ1) is 17.5. The van der Waals surface area contributed by atoms with E-state index in [4.69, 9.17) is 5.73 Å². The zero-order valence-corrected chi connectivity index (χ0v) is 14.0. The molecule has 1 rings (SSSR count). The van der Waals surface area contributed by atoms with Crippen LogP contribution in [0.4, 0.5) is 0 Å². The van der Waals surface area contributed by atoms with E-state index in [1.165, 1.54) is 12.8 Å². The summed E-state index contributed by atoms with van der Waals surface area (Å²) < 4.78 is 0. The van der Waals surface area contributed by atoms with Gasteiger partial charge in [-0.2, -0.15) is 0 Å². The van der Waals surface area contributed by atoms with Gasteiger partial charge in [0.15, 0.2) is 0 Å². The molecule has 118 valence electrons. The summed E-state index contributed by atoms with van der Waals surface area (Å²) in [6.07, 6.45) is 7.65. The summed E-state index contributed by atoms with van der Waals surface area (Å²) in [6.45, 7) is 10.1. The number of carbonyl (C=O) groups excluding carboxylic acids is 1. The van der Waals surface area contributed by atoms with Crippen molar-refractivity contribution in [2.75, 3.05) is 13.1 Å². The smallest absolute Gasteiger partial charge is 0.229 e. The Labute approximate surface area is 125 Å². The topological polar surface area (TPSA) is 46.3 Å². The number of hydrogen-bond acceptors (Lipinski definition) is 2. The highest BCUT2D eigenvalue weighted by atomic mass is 16.2. The van der Waals surface area contributed by atoms with E-state index in [2.05, 4.69) is 32.6 Å². The fourth-order valence-corrected chi connectivity index (χ4v) is 3.96. The van der Waals surface area contributed by atoms with Gasteiger partial charge in [-0.25, -0.2) is 0 Å². The normalized spacial score (nSPS) is 17.9. The minimum atomic E-state index is -0.0913. The van der Waals surface area contributed by atoms with Crippen molar-refractivity contribution in [3.05, 3.63) is 0 Å². The summed E-state index contributed by atoms with van der Waals surface area (Å²) in [5, 5.41) is 0. The van der Waals surface area contributed by atoms with Gasteiger partial charge in [0.25, 0.3) is 0 Å². The summed E-state index contributed by atoms with van der Waals surface area (Å²) in [5.41, 5.74) is 5.67. The standard InChI is InChI=1S/C17H34N2O/c1-5-15(6-2)19(12-11-18)16(20)17(13-14(3)4)9-7-8-10-17/h14-15H,5-13,18H2,1-4H3. The predicted molar refractivity (Wildman–Crippen MR) is 85.5 cm³/mol. The van der Waals surface area contributed by atoms with Crippen molar-refractivity contribution in [1.29, 1.82) is 0 Å². The van der Waals surface area contributed by atoms with E-state index in [1.54, 1.807) is 0 Å². The first-order valence-corrected chi connectivity index (χ1v) is 8.51. The van der Waals surface area contributed by atoms with Gasteiger partial charge >= 0.3 is 0 Å². The third-order valence-corrected chi connectivity index (χ3v) is 4.83. The molecular formula is C17H34N2O. The number of hydrogen-bond donors (Lipinski definition) is 1. The molecule has 0 unspecified atom stereocenters. The van der Waals surface area contributed by atoms with Crippen molar-refractivity contribution in [1.82, 2.24) is 4.90 Å². The highest BCUT2D eigenvalue weighted by Crippen LogP contribution is 2.45. The van der Waals surface area contributed by atoms with Crippen molar-refractivity contribution in [3.8, 4) is 0 Å². The SMILES string of the molecule is CCC(CC)N(CCN)C(=O)C1(CC(C)C)CCCC1. The second-order valence-corrected chi connectivity index (χ2v) is 6.84. The van der Waals surface area contributed by atoms with Crippen LogP contribution in [-0.2, 0) is 4.79 Å². The van der Waals surface area contributed by atoms with Crippen LogP contribution >= 0.6 is 0 Å². The highest BCUT2D eigenvalue weighted by Gasteiger charge is 2.44. The Morgan fingerprint density at radius 2 is 1.75 bits per heavy atom. The van der Waals surface area contributed by atoms with Gasteiger partial charge in [0.2, 0.25) is 5.91 Å². The van der Waals surface area contributed by atoms with Gasteiger partial charge in [0, 0.05) is 24.5 Å². The maximum absolute atomic E-state index is 13.2. The lowest BCUT2D eigenvalue weighted by Crippen LogP contribution is -2.50. The highest BCUT2D eigenvalue weighted by molar-refractivity contribution is 5.83. The van der Waals surface area contributed by atoms with E-state index in [0.717, 1.165) is 32.1 Å². The van der Waals surface area contributed by atoms with E-state index >= 15 is 0 Å². The number of amides is 1.